The summed E-state index contributed by atoms with van der Waals surface area (Å²) in [6, 6.07) is 11.4. The van der Waals surface area contributed by atoms with E-state index in [1.807, 2.05) is 20.8 Å². The van der Waals surface area contributed by atoms with Gasteiger partial charge in [0.2, 0.25) is 5.95 Å². The topological polar surface area (TPSA) is 132 Å². The third-order valence-electron chi connectivity index (χ3n) is 6.25. The van der Waals surface area contributed by atoms with Crippen LogP contribution in [0.15, 0.2) is 47.3 Å². The quantitative estimate of drug-likeness (QED) is 0.475. The molecule has 10 nitrogen and oxygen atoms in total. The van der Waals surface area contributed by atoms with Crippen molar-refractivity contribution in [3.05, 3.63) is 81.0 Å². The standard InChI is InChI=1S/C27H28FN7O3/c1-15(2)31-26-33-23-14-34(27(38)32-19-7-10-22(28)18(12-19)13-29)16(3)11-21(23)25(37)35(26)20-8-5-17(6-9-20)24(36)30-4/h5-10,12,15-16H,11,14H2,1-4H3,(H,30,36)(H,31,33)(H,32,38)/t16-/m1/s1. The van der Waals surface area contributed by atoms with Gasteiger partial charge in [0.1, 0.15) is 11.9 Å². The van der Waals surface area contributed by atoms with Crippen LogP contribution in [0.25, 0.3) is 5.69 Å². The molecule has 196 valence electrons. The molecule has 1 aliphatic rings. The Morgan fingerprint density at radius 3 is 2.53 bits per heavy atom. The van der Waals surface area contributed by atoms with Gasteiger partial charge in [0.25, 0.3) is 11.5 Å². The van der Waals surface area contributed by atoms with Gasteiger partial charge in [-0.1, -0.05) is 0 Å². The van der Waals surface area contributed by atoms with Crippen molar-refractivity contribution in [3.63, 3.8) is 0 Å². The zero-order valence-electron chi connectivity index (χ0n) is 21.5. The molecule has 2 aromatic carbocycles. The van der Waals surface area contributed by atoms with Gasteiger partial charge in [-0.15, -0.1) is 0 Å². The lowest BCUT2D eigenvalue weighted by Crippen LogP contribution is -2.47. The fourth-order valence-corrected chi connectivity index (χ4v) is 4.32. The van der Waals surface area contributed by atoms with Gasteiger partial charge in [-0.05, 0) is 69.7 Å². The number of carbonyl (C=O) groups excluding carboxylic acids is 2. The Kier molecular flexibility index (Phi) is 7.43. The normalized spacial score (nSPS) is 14.4. The molecule has 1 atom stereocenters. The summed E-state index contributed by atoms with van der Waals surface area (Å²) in [4.78, 5) is 45.1. The van der Waals surface area contributed by atoms with Gasteiger partial charge < -0.3 is 20.9 Å². The molecule has 0 unspecified atom stereocenters. The minimum absolute atomic E-state index is 0.0361. The molecule has 3 amide bonds. The van der Waals surface area contributed by atoms with Crippen molar-refractivity contribution in [2.45, 2.75) is 45.8 Å². The van der Waals surface area contributed by atoms with Gasteiger partial charge >= 0.3 is 6.03 Å². The molecular weight excluding hydrogens is 489 g/mol. The number of nitrogens with zero attached hydrogens (tertiary/aromatic N) is 4. The number of nitrogens with one attached hydrogen (secondary N) is 3. The second kappa shape index (κ2) is 10.7. The largest absolute Gasteiger partial charge is 0.355 e. The van der Waals surface area contributed by atoms with E-state index in [2.05, 4.69) is 16.0 Å². The second-order valence-electron chi connectivity index (χ2n) is 9.34. The lowest BCUT2D eigenvalue weighted by atomic mass is 10.00. The Morgan fingerprint density at radius 1 is 1.18 bits per heavy atom. The number of anilines is 2. The number of urea groups is 1. The van der Waals surface area contributed by atoms with Gasteiger partial charge in [0.15, 0.2) is 0 Å². The van der Waals surface area contributed by atoms with Crippen LogP contribution in [0.5, 0.6) is 0 Å². The Hall–Kier alpha value is -4.72. The van der Waals surface area contributed by atoms with Crippen molar-refractivity contribution in [1.82, 2.24) is 19.8 Å². The number of hydrogen-bond donors (Lipinski definition) is 3. The van der Waals surface area contributed by atoms with Crippen LogP contribution in [0.2, 0.25) is 0 Å². The zero-order chi connectivity index (χ0) is 27.6. The Morgan fingerprint density at radius 2 is 1.89 bits per heavy atom. The SMILES string of the molecule is CNC(=O)c1ccc(-n2c(NC(C)C)nc3c(c2=O)C[C@@H](C)N(C(=O)Nc2ccc(F)c(C#N)c2)C3)cc1. The molecule has 2 heterocycles. The first kappa shape index (κ1) is 26.3. The number of hydrogen-bond acceptors (Lipinski definition) is 6. The highest BCUT2D eigenvalue weighted by Gasteiger charge is 2.31. The minimum atomic E-state index is -0.667. The van der Waals surface area contributed by atoms with Gasteiger partial charge in [-0.25, -0.2) is 18.7 Å². The molecule has 4 rings (SSSR count). The number of aromatic nitrogens is 2. The van der Waals surface area contributed by atoms with Gasteiger partial charge in [-0.3, -0.25) is 9.59 Å². The maximum Gasteiger partial charge on any atom is 0.322 e. The van der Waals surface area contributed by atoms with Gasteiger partial charge in [0.05, 0.1) is 23.5 Å². The highest BCUT2D eigenvalue weighted by Crippen LogP contribution is 2.24. The molecule has 0 saturated heterocycles. The third kappa shape index (κ3) is 5.20. The highest BCUT2D eigenvalue weighted by atomic mass is 19.1. The van der Waals surface area contributed by atoms with E-state index in [0.717, 1.165) is 6.07 Å². The summed E-state index contributed by atoms with van der Waals surface area (Å²) in [6.07, 6.45) is 0.278. The Balaban J connectivity index is 1.68. The molecule has 3 N–H and O–H groups in total. The number of halogens is 1. The van der Waals surface area contributed by atoms with E-state index in [9.17, 15) is 18.8 Å². The fraction of sp³-hybridized carbons (Fsp3) is 0.296. The second-order valence-corrected chi connectivity index (χ2v) is 9.34. The van der Waals surface area contributed by atoms with Crippen molar-refractivity contribution in [1.29, 1.82) is 5.26 Å². The van der Waals surface area contributed by atoms with Crippen LogP contribution in [-0.2, 0) is 13.0 Å². The van der Waals surface area contributed by atoms with Crippen LogP contribution >= 0.6 is 0 Å². The molecule has 0 saturated carbocycles. The lowest BCUT2D eigenvalue weighted by molar-refractivity contribution is 0.0963. The van der Waals surface area contributed by atoms with Gasteiger partial charge in [-0.2, -0.15) is 5.26 Å². The zero-order valence-corrected chi connectivity index (χ0v) is 21.5. The average molecular weight is 518 g/mol. The number of carbonyl (C=O) groups is 2. The molecule has 38 heavy (non-hydrogen) atoms. The van der Waals surface area contributed by atoms with E-state index >= 15 is 0 Å². The molecule has 11 heteroatoms. The molecule has 1 aromatic heterocycles. The van der Waals surface area contributed by atoms with Crippen LogP contribution in [-0.4, -0.2) is 45.5 Å². The predicted octanol–water partition coefficient (Wildman–Crippen LogP) is 3.40. The fourth-order valence-electron chi connectivity index (χ4n) is 4.32. The van der Waals surface area contributed by atoms with Crippen molar-refractivity contribution in [2.75, 3.05) is 17.7 Å². The minimum Gasteiger partial charge on any atom is -0.355 e. The van der Waals surface area contributed by atoms with Crippen LogP contribution in [0.1, 0.15) is 48.0 Å². The summed E-state index contributed by atoms with van der Waals surface area (Å²) < 4.78 is 15.2. The number of rotatable bonds is 5. The molecule has 3 aromatic rings. The van der Waals surface area contributed by atoms with Gasteiger partial charge in [0, 0.05) is 35.9 Å². The molecule has 0 radical (unpaired) electrons. The van der Waals surface area contributed by atoms with Crippen molar-refractivity contribution in [2.24, 2.45) is 0 Å². The van der Waals surface area contributed by atoms with Crippen LogP contribution in [0, 0.1) is 17.1 Å². The maximum atomic E-state index is 13.7. The first-order valence-corrected chi connectivity index (χ1v) is 12.1. The molecule has 0 spiro atoms. The van der Waals surface area contributed by atoms with Crippen molar-refractivity contribution < 1.29 is 14.0 Å². The highest BCUT2D eigenvalue weighted by molar-refractivity contribution is 5.94. The van der Waals surface area contributed by atoms with E-state index in [4.69, 9.17) is 10.2 Å². The smallest absolute Gasteiger partial charge is 0.322 e. The monoisotopic (exact) mass is 517 g/mol. The van der Waals surface area contributed by atoms with Crippen LogP contribution in [0.3, 0.4) is 0 Å². The maximum absolute atomic E-state index is 13.7. The van der Waals surface area contributed by atoms with E-state index in [0.29, 0.717) is 28.5 Å². The first-order chi connectivity index (χ1) is 18.1. The first-order valence-electron chi connectivity index (χ1n) is 12.1. The third-order valence-corrected chi connectivity index (χ3v) is 6.25. The van der Waals surface area contributed by atoms with E-state index in [-0.39, 0.29) is 47.8 Å². The molecular formula is C27H28FN7O3. The summed E-state index contributed by atoms with van der Waals surface area (Å²) in [7, 11) is 1.55. The average Bonchev–Trinajstić information content (AvgIpc) is 2.89. The molecule has 1 aliphatic heterocycles. The number of nitriles is 1. The Bertz CT molecular complexity index is 1490. The van der Waals surface area contributed by atoms with E-state index in [1.165, 1.54) is 16.7 Å². The Labute approximate surface area is 219 Å². The van der Waals surface area contributed by atoms with Crippen molar-refractivity contribution in [3.8, 4) is 11.8 Å². The molecule has 0 aliphatic carbocycles. The number of amides is 3. The lowest BCUT2D eigenvalue weighted by Gasteiger charge is -2.34. The summed E-state index contributed by atoms with van der Waals surface area (Å²) in [6.45, 7) is 5.76. The summed E-state index contributed by atoms with van der Waals surface area (Å²) in [5.41, 5.74) is 1.85. The van der Waals surface area contributed by atoms with E-state index < -0.39 is 11.8 Å². The molecule has 0 bridgehead atoms. The summed E-state index contributed by atoms with van der Waals surface area (Å²) in [5.74, 6) is -0.576. The van der Waals surface area contributed by atoms with Crippen molar-refractivity contribution >= 4 is 23.6 Å². The molecule has 0 fully saturated rings. The summed E-state index contributed by atoms with van der Waals surface area (Å²) >= 11 is 0. The van der Waals surface area contributed by atoms with Crippen LogP contribution < -0.4 is 21.5 Å². The summed E-state index contributed by atoms with van der Waals surface area (Å²) in [5, 5.41) is 17.6. The van der Waals surface area contributed by atoms with E-state index in [1.54, 1.807) is 42.3 Å². The predicted molar refractivity (Wildman–Crippen MR) is 141 cm³/mol. The number of benzene rings is 2. The number of fused-ring (bicyclic) bond motifs is 1. The van der Waals surface area contributed by atoms with Crippen LogP contribution in [0.4, 0.5) is 20.8 Å².